The Morgan fingerprint density at radius 1 is 1.13 bits per heavy atom. The highest BCUT2D eigenvalue weighted by Gasteiger charge is 2.15. The molecule has 1 aliphatic heterocycles. The van der Waals surface area contributed by atoms with Gasteiger partial charge in [0, 0.05) is 32.6 Å². The second-order valence-electron chi connectivity index (χ2n) is 7.08. The van der Waals surface area contributed by atoms with Crippen LogP contribution in [0.2, 0.25) is 0 Å². The fourth-order valence-electron chi connectivity index (χ4n) is 3.22. The Bertz CT molecular complexity index is 679. The summed E-state index contributed by atoms with van der Waals surface area (Å²) in [5, 5.41) is 6.57. The van der Waals surface area contributed by atoms with E-state index in [0.29, 0.717) is 25.1 Å². The van der Waals surface area contributed by atoms with Crippen molar-refractivity contribution in [3.63, 3.8) is 0 Å². The van der Waals surface area contributed by atoms with Gasteiger partial charge in [-0.25, -0.2) is 9.79 Å². The number of benzene rings is 1. The molecule has 7 nitrogen and oxygen atoms in total. The minimum Gasteiger partial charge on any atom is -0.462 e. The van der Waals surface area contributed by atoms with Crippen LogP contribution in [0.4, 0.5) is 0 Å². The van der Waals surface area contributed by atoms with Gasteiger partial charge in [-0.1, -0.05) is 18.6 Å². The first kappa shape index (κ1) is 26.2. The van der Waals surface area contributed by atoms with E-state index in [1.807, 2.05) is 24.0 Å². The summed E-state index contributed by atoms with van der Waals surface area (Å²) in [5.41, 5.74) is 1.57. The highest BCUT2D eigenvalue weighted by molar-refractivity contribution is 14.0. The maximum Gasteiger partial charge on any atom is 0.338 e. The SMILES string of the molecule is CCNC(=NCc1ccc(C(=O)OCC)cc1)NCCCN1CCCCCC1=O.I. The van der Waals surface area contributed by atoms with E-state index in [0.717, 1.165) is 63.4 Å². The van der Waals surface area contributed by atoms with Crippen molar-refractivity contribution < 1.29 is 14.3 Å². The monoisotopic (exact) mass is 530 g/mol. The van der Waals surface area contributed by atoms with Crippen molar-refractivity contribution in [2.75, 3.05) is 32.8 Å². The minimum absolute atomic E-state index is 0. The summed E-state index contributed by atoms with van der Waals surface area (Å²) >= 11 is 0. The first-order chi connectivity index (χ1) is 14.1. The average Bonchev–Trinajstić information content (AvgIpc) is 2.94. The average molecular weight is 530 g/mol. The number of nitrogens with zero attached hydrogens (tertiary/aromatic N) is 2. The Hall–Kier alpha value is -1.84. The van der Waals surface area contributed by atoms with Crippen LogP contribution in [-0.4, -0.2) is 55.5 Å². The van der Waals surface area contributed by atoms with E-state index in [1.54, 1.807) is 19.1 Å². The highest BCUT2D eigenvalue weighted by atomic mass is 127. The Morgan fingerprint density at radius 3 is 2.60 bits per heavy atom. The fourth-order valence-corrected chi connectivity index (χ4v) is 3.22. The molecule has 0 aromatic heterocycles. The molecule has 30 heavy (non-hydrogen) atoms. The molecule has 1 aromatic carbocycles. The summed E-state index contributed by atoms with van der Waals surface area (Å²) in [6.45, 7) is 7.92. The number of guanidine groups is 1. The van der Waals surface area contributed by atoms with Gasteiger partial charge in [-0.15, -0.1) is 24.0 Å². The molecule has 1 fully saturated rings. The van der Waals surface area contributed by atoms with Crippen LogP contribution < -0.4 is 10.6 Å². The molecule has 2 N–H and O–H groups in total. The van der Waals surface area contributed by atoms with Crippen molar-refractivity contribution in [2.24, 2.45) is 4.99 Å². The first-order valence-corrected chi connectivity index (χ1v) is 10.7. The number of carbonyl (C=O) groups is 2. The number of hydrogen-bond acceptors (Lipinski definition) is 4. The molecule has 168 valence electrons. The van der Waals surface area contributed by atoms with Crippen LogP contribution in [0.15, 0.2) is 29.3 Å². The smallest absolute Gasteiger partial charge is 0.338 e. The summed E-state index contributed by atoms with van der Waals surface area (Å²) in [6.07, 6.45) is 4.86. The predicted octanol–water partition coefficient (Wildman–Crippen LogP) is 3.33. The predicted molar refractivity (Wildman–Crippen MR) is 130 cm³/mol. The number of aliphatic imine (C=N–C) groups is 1. The van der Waals surface area contributed by atoms with Crippen LogP contribution >= 0.6 is 24.0 Å². The largest absolute Gasteiger partial charge is 0.462 e. The molecule has 0 atom stereocenters. The van der Waals surface area contributed by atoms with Gasteiger partial charge >= 0.3 is 5.97 Å². The quantitative estimate of drug-likeness (QED) is 0.168. The van der Waals surface area contributed by atoms with Gasteiger partial charge in [0.15, 0.2) is 5.96 Å². The number of hydrogen-bond donors (Lipinski definition) is 2. The van der Waals surface area contributed by atoms with E-state index in [-0.39, 0.29) is 35.9 Å². The van der Waals surface area contributed by atoms with E-state index in [4.69, 9.17) is 4.74 Å². The molecule has 1 heterocycles. The first-order valence-electron chi connectivity index (χ1n) is 10.7. The molecule has 0 saturated carbocycles. The van der Waals surface area contributed by atoms with Crippen molar-refractivity contribution in [3.05, 3.63) is 35.4 Å². The van der Waals surface area contributed by atoms with Gasteiger partial charge in [0.2, 0.25) is 5.91 Å². The third-order valence-corrected chi connectivity index (χ3v) is 4.80. The molecular formula is C22H35IN4O3. The normalized spacial score (nSPS) is 14.5. The number of carbonyl (C=O) groups excluding carboxylic acids is 2. The highest BCUT2D eigenvalue weighted by Crippen LogP contribution is 2.11. The van der Waals surface area contributed by atoms with Gasteiger partial charge < -0.3 is 20.3 Å². The molecule has 2 rings (SSSR count). The lowest BCUT2D eigenvalue weighted by molar-refractivity contribution is -0.130. The lowest BCUT2D eigenvalue weighted by Gasteiger charge is -2.20. The Labute approximate surface area is 197 Å². The van der Waals surface area contributed by atoms with Crippen molar-refractivity contribution in [2.45, 2.75) is 52.5 Å². The second kappa shape index (κ2) is 15.0. The van der Waals surface area contributed by atoms with Crippen LogP contribution in [0, 0.1) is 0 Å². The zero-order valence-electron chi connectivity index (χ0n) is 18.1. The third-order valence-electron chi connectivity index (χ3n) is 4.80. The molecule has 0 bridgehead atoms. The van der Waals surface area contributed by atoms with Crippen LogP contribution in [0.1, 0.15) is 61.9 Å². The summed E-state index contributed by atoms with van der Waals surface area (Å²) in [6, 6.07) is 7.32. The number of likely N-dealkylation sites (tertiary alicyclic amines) is 1. The van der Waals surface area contributed by atoms with Crippen LogP contribution in [-0.2, 0) is 16.1 Å². The number of amides is 1. The molecule has 1 aliphatic rings. The number of rotatable bonds is 9. The molecule has 0 unspecified atom stereocenters. The van der Waals surface area contributed by atoms with Crippen LogP contribution in [0.3, 0.4) is 0 Å². The zero-order chi connectivity index (χ0) is 20.9. The van der Waals surface area contributed by atoms with Crippen molar-refractivity contribution in [1.82, 2.24) is 15.5 Å². The number of nitrogens with one attached hydrogen (secondary N) is 2. The van der Waals surface area contributed by atoms with E-state index in [9.17, 15) is 9.59 Å². The van der Waals surface area contributed by atoms with Gasteiger partial charge in [0.1, 0.15) is 0 Å². The molecule has 1 saturated heterocycles. The Kier molecular flexibility index (Phi) is 13.1. The summed E-state index contributed by atoms with van der Waals surface area (Å²) in [7, 11) is 0. The number of esters is 1. The second-order valence-corrected chi connectivity index (χ2v) is 7.08. The van der Waals surface area contributed by atoms with Gasteiger partial charge in [-0.2, -0.15) is 0 Å². The standard InChI is InChI=1S/C22H34N4O3.HI/c1-3-23-22(24-14-8-16-26-15-7-5-6-9-20(26)27)25-17-18-10-12-19(13-11-18)21(28)29-4-2;/h10-13H,3-9,14-17H2,1-2H3,(H2,23,24,25);1H. The van der Waals surface area contributed by atoms with Crippen LogP contribution in [0.5, 0.6) is 0 Å². The van der Waals surface area contributed by atoms with Crippen molar-refractivity contribution in [3.8, 4) is 0 Å². The van der Waals surface area contributed by atoms with Gasteiger partial charge in [-0.3, -0.25) is 4.79 Å². The lowest BCUT2D eigenvalue weighted by atomic mass is 10.1. The summed E-state index contributed by atoms with van der Waals surface area (Å²) < 4.78 is 5.00. The summed E-state index contributed by atoms with van der Waals surface area (Å²) in [5.74, 6) is 0.735. The molecule has 8 heteroatoms. The van der Waals surface area contributed by atoms with E-state index >= 15 is 0 Å². The molecule has 0 aliphatic carbocycles. The third kappa shape index (κ3) is 9.32. The van der Waals surface area contributed by atoms with Gasteiger partial charge in [0.25, 0.3) is 0 Å². The Morgan fingerprint density at radius 2 is 1.90 bits per heavy atom. The lowest BCUT2D eigenvalue weighted by Crippen LogP contribution is -2.39. The molecule has 0 spiro atoms. The topological polar surface area (TPSA) is 83.0 Å². The minimum atomic E-state index is -0.305. The van der Waals surface area contributed by atoms with Gasteiger partial charge in [-0.05, 0) is 50.8 Å². The maximum atomic E-state index is 12.0. The molecule has 0 radical (unpaired) electrons. The molecule has 1 aromatic rings. The van der Waals surface area contributed by atoms with Crippen LogP contribution in [0.25, 0.3) is 0 Å². The number of ether oxygens (including phenoxy) is 1. The molecule has 1 amide bonds. The number of halogens is 1. The van der Waals surface area contributed by atoms with Gasteiger partial charge in [0.05, 0.1) is 18.7 Å². The zero-order valence-corrected chi connectivity index (χ0v) is 20.4. The Balaban J connectivity index is 0.00000450. The van der Waals surface area contributed by atoms with E-state index in [2.05, 4.69) is 15.6 Å². The van der Waals surface area contributed by atoms with Crippen molar-refractivity contribution >= 4 is 41.8 Å². The van der Waals surface area contributed by atoms with E-state index < -0.39 is 0 Å². The van der Waals surface area contributed by atoms with E-state index in [1.165, 1.54) is 0 Å². The summed E-state index contributed by atoms with van der Waals surface area (Å²) in [4.78, 5) is 30.4. The maximum absolute atomic E-state index is 12.0. The van der Waals surface area contributed by atoms with Crippen molar-refractivity contribution in [1.29, 1.82) is 0 Å². The fraction of sp³-hybridized carbons (Fsp3) is 0.591. The molecular weight excluding hydrogens is 495 g/mol.